The summed E-state index contributed by atoms with van der Waals surface area (Å²) < 4.78 is 5.21. The van der Waals surface area contributed by atoms with E-state index in [9.17, 15) is 5.11 Å². The van der Waals surface area contributed by atoms with E-state index in [0.29, 0.717) is 5.92 Å². The van der Waals surface area contributed by atoms with Crippen molar-refractivity contribution >= 4 is 0 Å². The third-order valence-corrected chi connectivity index (χ3v) is 3.93. The molecule has 1 fully saturated rings. The number of hydrogen-bond acceptors (Lipinski definition) is 4. The summed E-state index contributed by atoms with van der Waals surface area (Å²) >= 11 is 0. The Morgan fingerprint density at radius 1 is 1.50 bits per heavy atom. The van der Waals surface area contributed by atoms with Crippen LogP contribution in [0, 0.1) is 5.92 Å². The highest BCUT2D eigenvalue weighted by molar-refractivity contribution is 4.83. The lowest BCUT2D eigenvalue weighted by Gasteiger charge is -2.29. The van der Waals surface area contributed by atoms with Gasteiger partial charge in [0.05, 0.1) is 13.2 Å². The minimum atomic E-state index is -0.111. The molecule has 1 aliphatic heterocycles. The largest absolute Gasteiger partial charge is 0.394 e. The Labute approximate surface area is 112 Å². The molecular formula is C14H30N2O2. The average molecular weight is 258 g/mol. The molecule has 0 aromatic rings. The van der Waals surface area contributed by atoms with Crippen LogP contribution in [0.3, 0.4) is 0 Å². The van der Waals surface area contributed by atoms with Gasteiger partial charge in [0.2, 0.25) is 0 Å². The third-order valence-electron chi connectivity index (χ3n) is 3.93. The Kier molecular flexibility index (Phi) is 7.15. The smallest absolute Gasteiger partial charge is 0.0610 e. The summed E-state index contributed by atoms with van der Waals surface area (Å²) in [6, 6.07) is 0. The summed E-state index contributed by atoms with van der Waals surface area (Å²) in [5.74, 6) is 0.716. The average Bonchev–Trinajstić information content (AvgIpc) is 2.78. The minimum Gasteiger partial charge on any atom is -0.394 e. The lowest BCUT2D eigenvalue weighted by Crippen LogP contribution is -2.46. The van der Waals surface area contributed by atoms with Crippen LogP contribution >= 0.6 is 0 Å². The van der Waals surface area contributed by atoms with Gasteiger partial charge >= 0.3 is 0 Å². The van der Waals surface area contributed by atoms with Gasteiger partial charge in [-0.2, -0.15) is 0 Å². The van der Waals surface area contributed by atoms with Crippen molar-refractivity contribution in [1.29, 1.82) is 0 Å². The van der Waals surface area contributed by atoms with Gasteiger partial charge in [-0.3, -0.25) is 0 Å². The lowest BCUT2D eigenvalue weighted by molar-refractivity contribution is 0.148. The maximum atomic E-state index is 9.43. The van der Waals surface area contributed by atoms with Crippen LogP contribution in [0.25, 0.3) is 0 Å². The van der Waals surface area contributed by atoms with Gasteiger partial charge < -0.3 is 20.1 Å². The molecule has 0 aromatic heterocycles. The molecular weight excluding hydrogens is 228 g/mol. The first kappa shape index (κ1) is 15.9. The molecule has 0 bridgehead atoms. The van der Waals surface area contributed by atoms with Gasteiger partial charge in [0.25, 0.3) is 0 Å². The summed E-state index contributed by atoms with van der Waals surface area (Å²) in [5.41, 5.74) is -0.111. The van der Waals surface area contributed by atoms with Gasteiger partial charge in [-0.15, -0.1) is 0 Å². The Hall–Kier alpha value is -0.160. The zero-order chi connectivity index (χ0) is 13.4. The molecule has 108 valence electrons. The molecule has 4 heteroatoms. The predicted molar refractivity (Wildman–Crippen MR) is 74.8 cm³/mol. The number of nitrogens with one attached hydrogen (secondary N) is 1. The fraction of sp³-hybridized carbons (Fsp3) is 1.00. The third kappa shape index (κ3) is 5.22. The Morgan fingerprint density at radius 3 is 2.89 bits per heavy atom. The lowest BCUT2D eigenvalue weighted by atomic mass is 9.96. The summed E-state index contributed by atoms with van der Waals surface area (Å²) in [6.07, 6.45) is 3.44. The quantitative estimate of drug-likeness (QED) is 0.650. The maximum Gasteiger partial charge on any atom is 0.0610 e. The van der Waals surface area contributed by atoms with E-state index in [1.165, 1.54) is 19.5 Å². The second-order valence-corrected chi connectivity index (χ2v) is 5.76. The molecule has 2 atom stereocenters. The Balaban J connectivity index is 2.18. The highest BCUT2D eigenvalue weighted by Gasteiger charge is 2.24. The van der Waals surface area contributed by atoms with Crippen molar-refractivity contribution in [2.75, 3.05) is 46.5 Å². The molecule has 0 saturated carbocycles. The van der Waals surface area contributed by atoms with Crippen LogP contribution in [-0.2, 0) is 4.74 Å². The van der Waals surface area contributed by atoms with E-state index in [0.717, 1.165) is 32.5 Å². The maximum absolute atomic E-state index is 9.43. The van der Waals surface area contributed by atoms with E-state index < -0.39 is 0 Å². The first-order valence-electron chi connectivity index (χ1n) is 7.20. The topological polar surface area (TPSA) is 44.7 Å². The molecule has 0 aliphatic carbocycles. The number of ether oxygens (including phenoxy) is 1. The zero-order valence-corrected chi connectivity index (χ0v) is 12.2. The van der Waals surface area contributed by atoms with E-state index in [1.54, 1.807) is 7.11 Å². The fourth-order valence-electron chi connectivity index (χ4n) is 2.83. The van der Waals surface area contributed by atoms with Crippen LogP contribution in [0.2, 0.25) is 0 Å². The fourth-order valence-corrected chi connectivity index (χ4v) is 2.83. The van der Waals surface area contributed by atoms with E-state index in [4.69, 9.17) is 4.74 Å². The van der Waals surface area contributed by atoms with Crippen molar-refractivity contribution in [2.45, 2.75) is 38.6 Å². The van der Waals surface area contributed by atoms with Crippen molar-refractivity contribution in [3.8, 4) is 0 Å². The molecule has 2 unspecified atom stereocenters. The first-order valence-corrected chi connectivity index (χ1v) is 7.20. The number of likely N-dealkylation sites (N-methyl/N-ethyl adjacent to an activating group) is 1. The number of aliphatic hydroxyl groups excluding tert-OH is 1. The second-order valence-electron chi connectivity index (χ2n) is 5.76. The molecule has 0 aromatic carbocycles. The van der Waals surface area contributed by atoms with Crippen molar-refractivity contribution in [1.82, 2.24) is 10.2 Å². The van der Waals surface area contributed by atoms with Gasteiger partial charge in [0.1, 0.15) is 0 Å². The number of rotatable bonds is 9. The molecule has 0 spiro atoms. The van der Waals surface area contributed by atoms with Gasteiger partial charge in [-0.25, -0.2) is 0 Å². The summed E-state index contributed by atoms with van der Waals surface area (Å²) in [6.45, 7) is 9.72. The van der Waals surface area contributed by atoms with E-state index >= 15 is 0 Å². The van der Waals surface area contributed by atoms with E-state index in [1.807, 2.05) is 0 Å². The molecule has 1 rings (SSSR count). The SMILES string of the molecule is CCNC(C)(CO)CCCN1CCC(COC)C1. The Morgan fingerprint density at radius 2 is 2.28 bits per heavy atom. The van der Waals surface area contributed by atoms with Gasteiger partial charge in [-0.1, -0.05) is 6.92 Å². The second kappa shape index (κ2) is 8.10. The van der Waals surface area contributed by atoms with Crippen molar-refractivity contribution in [3.63, 3.8) is 0 Å². The van der Waals surface area contributed by atoms with Gasteiger partial charge in [-0.05, 0) is 51.7 Å². The Bertz CT molecular complexity index is 226. The summed E-state index contributed by atoms with van der Waals surface area (Å²) in [5, 5.41) is 12.8. The summed E-state index contributed by atoms with van der Waals surface area (Å²) in [4.78, 5) is 2.52. The molecule has 18 heavy (non-hydrogen) atoms. The van der Waals surface area contributed by atoms with E-state index in [2.05, 4.69) is 24.1 Å². The molecule has 4 nitrogen and oxygen atoms in total. The predicted octanol–water partition coefficient (Wildman–Crippen LogP) is 1.10. The van der Waals surface area contributed by atoms with Gasteiger partial charge in [0, 0.05) is 19.2 Å². The van der Waals surface area contributed by atoms with Crippen LogP contribution in [0.1, 0.15) is 33.1 Å². The highest BCUT2D eigenvalue weighted by atomic mass is 16.5. The normalized spacial score (nSPS) is 24.3. The van der Waals surface area contributed by atoms with Crippen LogP contribution in [0.5, 0.6) is 0 Å². The number of hydrogen-bond donors (Lipinski definition) is 2. The minimum absolute atomic E-state index is 0.111. The molecule has 2 N–H and O–H groups in total. The van der Waals surface area contributed by atoms with Crippen molar-refractivity contribution in [2.24, 2.45) is 5.92 Å². The molecule has 1 heterocycles. The monoisotopic (exact) mass is 258 g/mol. The molecule has 0 amide bonds. The standard InChI is InChI=1S/C14H30N2O2/c1-4-15-14(2,12-17)7-5-8-16-9-6-13(10-16)11-18-3/h13,15,17H,4-12H2,1-3H3. The van der Waals surface area contributed by atoms with E-state index in [-0.39, 0.29) is 12.1 Å². The highest BCUT2D eigenvalue weighted by Crippen LogP contribution is 2.18. The van der Waals surface area contributed by atoms with Crippen LogP contribution in [0.4, 0.5) is 0 Å². The van der Waals surface area contributed by atoms with Crippen molar-refractivity contribution < 1.29 is 9.84 Å². The number of aliphatic hydroxyl groups is 1. The summed E-state index contributed by atoms with van der Waals surface area (Å²) in [7, 11) is 1.78. The van der Waals surface area contributed by atoms with Crippen LogP contribution in [0.15, 0.2) is 0 Å². The van der Waals surface area contributed by atoms with Gasteiger partial charge in [0.15, 0.2) is 0 Å². The van der Waals surface area contributed by atoms with Crippen molar-refractivity contribution in [3.05, 3.63) is 0 Å². The zero-order valence-electron chi connectivity index (χ0n) is 12.2. The first-order chi connectivity index (χ1) is 8.63. The number of nitrogens with zero attached hydrogens (tertiary/aromatic N) is 1. The van der Waals surface area contributed by atoms with Crippen LogP contribution in [-0.4, -0.2) is 62.0 Å². The molecule has 1 aliphatic rings. The molecule has 1 saturated heterocycles. The molecule has 0 radical (unpaired) electrons. The van der Waals surface area contributed by atoms with Crippen LogP contribution < -0.4 is 5.32 Å². The number of likely N-dealkylation sites (tertiary alicyclic amines) is 1. The number of methoxy groups -OCH3 is 1.